The first-order chi connectivity index (χ1) is 23.0. The highest BCUT2D eigenvalue weighted by molar-refractivity contribution is 7.20. The van der Waals surface area contributed by atoms with E-state index in [-0.39, 0.29) is 48.8 Å². The largest absolute Gasteiger partial charge is 0.573 e. The van der Waals surface area contributed by atoms with Crippen molar-refractivity contribution in [2.45, 2.75) is 76.6 Å². The summed E-state index contributed by atoms with van der Waals surface area (Å²) in [6.07, 6.45) is -6.03. The number of fused-ring (bicyclic) bond motifs is 2. The molecule has 11 nitrogen and oxygen atoms in total. The summed E-state index contributed by atoms with van der Waals surface area (Å²) in [7, 11) is 1.32. The van der Waals surface area contributed by atoms with E-state index in [1.54, 1.807) is 18.2 Å². The van der Waals surface area contributed by atoms with Gasteiger partial charge in [0.25, 0.3) is 5.19 Å². The van der Waals surface area contributed by atoms with E-state index in [1.165, 1.54) is 36.6 Å². The molecule has 1 saturated carbocycles. The molecule has 2 saturated heterocycles. The minimum atomic E-state index is -4.87. The van der Waals surface area contributed by atoms with E-state index in [0.29, 0.717) is 44.0 Å². The van der Waals surface area contributed by atoms with Crippen molar-refractivity contribution >= 4 is 27.5 Å². The number of thiazole rings is 1. The molecule has 1 aliphatic carbocycles. The molecule has 3 fully saturated rings. The van der Waals surface area contributed by atoms with Gasteiger partial charge in [-0.3, -0.25) is 0 Å². The maximum atomic E-state index is 13.2. The van der Waals surface area contributed by atoms with E-state index in [0.717, 1.165) is 6.42 Å². The maximum Gasteiger partial charge on any atom is 0.573 e. The standard InChI is InChI=1S/C33H33F3N2O9S/c1-15(2)44-22-10-17(31(39)40-4)11-25-27(22)37-32(48-25)45-24-14-43-29-23(13-42-30(24)29)41-12-20-26(38-47-28(20)19-9-16(19)3)18-7-5-6-8-21(18)46-33(34,35)36/h5-8,10-11,15-16,19,23-24,29-30H,9,12-14H2,1-4H3/t16?,19?,23?,24?,29-,30-/m1/s1. The Morgan fingerprint density at radius 2 is 1.81 bits per heavy atom. The van der Waals surface area contributed by atoms with Gasteiger partial charge in [0, 0.05) is 17.0 Å². The van der Waals surface area contributed by atoms with Crippen molar-refractivity contribution in [1.29, 1.82) is 0 Å². The van der Waals surface area contributed by atoms with Crippen molar-refractivity contribution in [3.63, 3.8) is 0 Å². The molecule has 3 aliphatic rings. The van der Waals surface area contributed by atoms with Crippen LogP contribution >= 0.6 is 11.3 Å². The lowest BCUT2D eigenvalue weighted by Crippen LogP contribution is -2.35. The lowest BCUT2D eigenvalue weighted by atomic mass is 10.0. The second kappa shape index (κ2) is 12.8. The number of benzene rings is 2. The maximum absolute atomic E-state index is 13.2. The second-order valence-electron chi connectivity index (χ2n) is 12.3. The number of methoxy groups -OCH3 is 1. The molecule has 0 amide bonds. The first-order valence-corrected chi connectivity index (χ1v) is 16.3. The van der Waals surface area contributed by atoms with Crippen LogP contribution in [0.5, 0.6) is 16.7 Å². The van der Waals surface area contributed by atoms with Gasteiger partial charge in [-0.25, -0.2) is 4.79 Å². The quantitative estimate of drug-likeness (QED) is 0.157. The van der Waals surface area contributed by atoms with Gasteiger partial charge in [-0.05, 0) is 50.5 Å². The second-order valence-corrected chi connectivity index (χ2v) is 13.3. The monoisotopic (exact) mass is 690 g/mol. The molecule has 7 rings (SSSR count). The van der Waals surface area contributed by atoms with Crippen LogP contribution in [0.4, 0.5) is 13.2 Å². The van der Waals surface area contributed by atoms with Gasteiger partial charge in [0.2, 0.25) is 0 Å². The van der Waals surface area contributed by atoms with Gasteiger partial charge in [-0.1, -0.05) is 35.5 Å². The third-order valence-electron chi connectivity index (χ3n) is 8.51. The first-order valence-electron chi connectivity index (χ1n) is 15.5. The van der Waals surface area contributed by atoms with Crippen molar-refractivity contribution in [3.05, 3.63) is 53.3 Å². The third kappa shape index (κ3) is 6.56. The summed E-state index contributed by atoms with van der Waals surface area (Å²) >= 11 is 1.26. The lowest BCUT2D eigenvalue weighted by Gasteiger charge is -2.18. The van der Waals surface area contributed by atoms with Gasteiger partial charge in [-0.2, -0.15) is 4.98 Å². The molecule has 2 aromatic heterocycles. The zero-order valence-electron chi connectivity index (χ0n) is 26.4. The predicted molar refractivity (Wildman–Crippen MR) is 164 cm³/mol. The number of para-hydroxylation sites is 1. The van der Waals surface area contributed by atoms with Crippen LogP contribution in [0, 0.1) is 5.92 Å². The zero-order chi connectivity index (χ0) is 33.7. The molecule has 256 valence electrons. The summed E-state index contributed by atoms with van der Waals surface area (Å²) in [4.78, 5) is 16.9. The Morgan fingerprint density at radius 1 is 1.08 bits per heavy atom. The highest BCUT2D eigenvalue weighted by Gasteiger charge is 2.50. The number of halogens is 3. The molecule has 0 N–H and O–H groups in total. The molecule has 15 heteroatoms. The van der Waals surface area contributed by atoms with E-state index in [1.807, 2.05) is 13.8 Å². The molecule has 0 spiro atoms. The average Bonchev–Trinajstić information content (AvgIpc) is 3.47. The molecular formula is C33H33F3N2O9S. The molecule has 2 aliphatic heterocycles. The number of hydrogen-bond acceptors (Lipinski definition) is 12. The van der Waals surface area contributed by atoms with E-state index in [9.17, 15) is 18.0 Å². The number of carbonyl (C=O) groups excluding carboxylic acids is 1. The molecule has 48 heavy (non-hydrogen) atoms. The van der Waals surface area contributed by atoms with Gasteiger partial charge in [-0.15, -0.1) is 13.2 Å². The van der Waals surface area contributed by atoms with Crippen LogP contribution < -0.4 is 14.2 Å². The summed E-state index contributed by atoms with van der Waals surface area (Å²) in [5, 5.41) is 4.54. The number of ether oxygens (including phenoxy) is 7. The topological polar surface area (TPSA) is 121 Å². The molecule has 4 heterocycles. The summed E-state index contributed by atoms with van der Waals surface area (Å²) < 4.78 is 85.9. The smallest absolute Gasteiger partial charge is 0.489 e. The number of nitrogens with zero attached hydrogens (tertiary/aromatic N) is 2. The van der Waals surface area contributed by atoms with Crippen molar-refractivity contribution in [2.24, 2.45) is 5.92 Å². The van der Waals surface area contributed by atoms with E-state index < -0.39 is 36.7 Å². The zero-order valence-corrected chi connectivity index (χ0v) is 27.3. The van der Waals surface area contributed by atoms with Crippen LogP contribution in [-0.4, -0.2) is 73.3 Å². The molecule has 0 radical (unpaired) electrons. The molecule has 4 unspecified atom stereocenters. The minimum Gasteiger partial charge on any atom is -0.489 e. The Kier molecular flexibility index (Phi) is 8.73. The van der Waals surface area contributed by atoms with Crippen LogP contribution in [0.2, 0.25) is 0 Å². The van der Waals surface area contributed by atoms with Gasteiger partial charge in [0.1, 0.15) is 46.8 Å². The average molecular weight is 691 g/mol. The van der Waals surface area contributed by atoms with E-state index in [2.05, 4.69) is 21.8 Å². The summed E-state index contributed by atoms with van der Waals surface area (Å²) in [6, 6.07) is 9.11. The van der Waals surface area contributed by atoms with Crippen LogP contribution in [-0.2, 0) is 25.6 Å². The minimum absolute atomic E-state index is 0.0168. The van der Waals surface area contributed by atoms with Gasteiger partial charge < -0.3 is 37.7 Å². The third-order valence-corrected chi connectivity index (χ3v) is 9.41. The fourth-order valence-corrected chi connectivity index (χ4v) is 7.05. The van der Waals surface area contributed by atoms with Crippen LogP contribution in [0.1, 0.15) is 54.8 Å². The van der Waals surface area contributed by atoms with Gasteiger partial charge >= 0.3 is 12.3 Å². The lowest BCUT2D eigenvalue weighted by molar-refractivity contribution is -0.274. The Morgan fingerprint density at radius 3 is 2.52 bits per heavy atom. The van der Waals surface area contributed by atoms with Gasteiger partial charge in [0.15, 0.2) is 6.10 Å². The molecule has 0 bridgehead atoms. The SMILES string of the molecule is COC(=O)c1cc(OC(C)C)c2nc(OC3CO[C@@H]4C(OCc5c(-c6ccccc6OC(F)(F)F)noc5C5CC5C)CO[C@H]34)sc2c1. The summed E-state index contributed by atoms with van der Waals surface area (Å²) in [6.45, 7) is 6.28. The highest BCUT2D eigenvalue weighted by atomic mass is 32.1. The molecule has 2 aromatic carbocycles. The number of rotatable bonds is 11. The number of carbonyl (C=O) groups is 1. The summed E-state index contributed by atoms with van der Waals surface area (Å²) in [5.41, 5.74) is 1.86. The van der Waals surface area contributed by atoms with Gasteiger partial charge in [0.05, 0.1) is 43.3 Å². The van der Waals surface area contributed by atoms with Crippen molar-refractivity contribution in [2.75, 3.05) is 20.3 Å². The normalized spacial score (nSPS) is 25.0. The van der Waals surface area contributed by atoms with Crippen LogP contribution in [0.15, 0.2) is 40.9 Å². The predicted octanol–water partition coefficient (Wildman–Crippen LogP) is 6.68. The van der Waals surface area contributed by atoms with Crippen molar-refractivity contribution < 1.29 is 55.6 Å². The van der Waals surface area contributed by atoms with E-state index >= 15 is 0 Å². The Hall–Kier alpha value is -3.92. The Bertz CT molecular complexity index is 1810. The number of esters is 1. The number of alkyl halides is 3. The molecule has 6 atom stereocenters. The molecule has 4 aromatic rings. The fourth-order valence-electron chi connectivity index (χ4n) is 6.13. The molecular weight excluding hydrogens is 657 g/mol. The van der Waals surface area contributed by atoms with Crippen LogP contribution in [0.3, 0.4) is 0 Å². The first kappa shape index (κ1) is 32.6. The highest BCUT2D eigenvalue weighted by Crippen LogP contribution is 2.50. The van der Waals surface area contributed by atoms with Crippen LogP contribution in [0.25, 0.3) is 21.5 Å². The number of hydrogen-bond donors (Lipinski definition) is 0. The fraction of sp³-hybridized carbons (Fsp3) is 0.485. The Balaban J connectivity index is 1.07. The van der Waals surface area contributed by atoms with E-state index in [4.69, 9.17) is 32.9 Å². The van der Waals surface area contributed by atoms with Crippen molar-refractivity contribution in [3.8, 4) is 28.0 Å². The summed E-state index contributed by atoms with van der Waals surface area (Å²) in [5.74, 6) is 0.616. The Labute approximate surface area is 277 Å². The number of aromatic nitrogens is 2. The van der Waals surface area contributed by atoms with Crippen molar-refractivity contribution in [1.82, 2.24) is 10.1 Å².